The normalized spacial score (nSPS) is 10.2. The number of carboxylic acid groups (broad SMARTS) is 1. The first kappa shape index (κ1) is 19.3. The summed E-state index contributed by atoms with van der Waals surface area (Å²) in [6, 6.07) is 11.6. The van der Waals surface area contributed by atoms with Gasteiger partial charge in [0.1, 0.15) is 0 Å². The van der Waals surface area contributed by atoms with E-state index in [1.54, 1.807) is 24.3 Å². The molecule has 0 aliphatic rings. The fraction of sp³-hybridized carbons (Fsp3) is 0.263. The molecule has 0 spiro atoms. The first-order valence-corrected chi connectivity index (χ1v) is 8.04. The van der Waals surface area contributed by atoms with Crippen LogP contribution in [0, 0.1) is 0 Å². The lowest BCUT2D eigenvalue weighted by molar-refractivity contribution is -0.118. The van der Waals surface area contributed by atoms with Crippen LogP contribution >= 0.6 is 0 Å². The SMILES string of the molecule is CCOc1ccccc1OCC(=O)Nc1cc(COC)cc(C(=O)O)c1. The zero-order valence-corrected chi connectivity index (χ0v) is 14.7. The number of para-hydroxylation sites is 2. The van der Waals surface area contributed by atoms with Gasteiger partial charge in [-0.3, -0.25) is 4.79 Å². The summed E-state index contributed by atoms with van der Waals surface area (Å²) in [7, 11) is 1.51. The molecule has 26 heavy (non-hydrogen) atoms. The zero-order chi connectivity index (χ0) is 18.9. The van der Waals surface area contributed by atoms with Crippen molar-refractivity contribution in [3.63, 3.8) is 0 Å². The van der Waals surface area contributed by atoms with Crippen LogP contribution < -0.4 is 14.8 Å². The molecule has 0 saturated heterocycles. The number of anilines is 1. The standard InChI is InChI=1S/C19H21NO6/c1-3-25-16-6-4-5-7-17(16)26-12-18(21)20-15-9-13(11-24-2)8-14(10-15)19(22)23/h4-10H,3,11-12H2,1-2H3,(H,20,21)(H,22,23). The number of methoxy groups -OCH3 is 1. The molecule has 7 nitrogen and oxygen atoms in total. The first-order chi connectivity index (χ1) is 12.5. The van der Waals surface area contributed by atoms with E-state index in [0.717, 1.165) is 0 Å². The molecule has 0 heterocycles. The van der Waals surface area contributed by atoms with Gasteiger partial charge in [0.05, 0.1) is 18.8 Å². The van der Waals surface area contributed by atoms with Crippen LogP contribution in [0.25, 0.3) is 0 Å². The van der Waals surface area contributed by atoms with E-state index in [4.69, 9.17) is 14.2 Å². The molecule has 138 valence electrons. The molecule has 0 atom stereocenters. The highest BCUT2D eigenvalue weighted by atomic mass is 16.5. The third-order valence-corrected chi connectivity index (χ3v) is 3.34. The highest BCUT2D eigenvalue weighted by Gasteiger charge is 2.11. The van der Waals surface area contributed by atoms with Crippen molar-refractivity contribution < 1.29 is 28.9 Å². The largest absolute Gasteiger partial charge is 0.490 e. The number of hydrogen-bond acceptors (Lipinski definition) is 5. The summed E-state index contributed by atoms with van der Waals surface area (Å²) in [4.78, 5) is 23.4. The zero-order valence-electron chi connectivity index (χ0n) is 14.7. The molecule has 0 fully saturated rings. The van der Waals surface area contributed by atoms with Gasteiger partial charge in [-0.15, -0.1) is 0 Å². The smallest absolute Gasteiger partial charge is 0.335 e. The third kappa shape index (κ3) is 5.49. The van der Waals surface area contributed by atoms with Crippen LogP contribution in [0.1, 0.15) is 22.8 Å². The Balaban J connectivity index is 2.04. The lowest BCUT2D eigenvalue weighted by Crippen LogP contribution is -2.20. The third-order valence-electron chi connectivity index (χ3n) is 3.34. The van der Waals surface area contributed by atoms with Crippen molar-refractivity contribution in [1.29, 1.82) is 0 Å². The summed E-state index contributed by atoms with van der Waals surface area (Å²) in [5, 5.41) is 11.8. The molecule has 2 aromatic rings. The maximum atomic E-state index is 12.1. The molecule has 2 rings (SSSR count). The Morgan fingerprint density at radius 3 is 2.38 bits per heavy atom. The van der Waals surface area contributed by atoms with Gasteiger partial charge in [-0.25, -0.2) is 4.79 Å². The lowest BCUT2D eigenvalue weighted by atomic mass is 10.1. The van der Waals surface area contributed by atoms with E-state index < -0.39 is 11.9 Å². The number of amides is 1. The number of benzene rings is 2. The lowest BCUT2D eigenvalue weighted by Gasteiger charge is -2.12. The maximum absolute atomic E-state index is 12.1. The minimum Gasteiger partial charge on any atom is -0.490 e. The van der Waals surface area contributed by atoms with E-state index in [9.17, 15) is 14.7 Å². The minimum atomic E-state index is -1.08. The summed E-state index contributed by atoms with van der Waals surface area (Å²) >= 11 is 0. The second-order valence-corrected chi connectivity index (χ2v) is 5.37. The Bertz CT molecular complexity index is 774. The van der Waals surface area contributed by atoms with Gasteiger partial charge in [0.25, 0.3) is 5.91 Å². The molecule has 1 amide bonds. The molecule has 2 N–H and O–H groups in total. The predicted octanol–water partition coefficient (Wildman–Crippen LogP) is 2.95. The molecule has 2 aromatic carbocycles. The fourth-order valence-electron chi connectivity index (χ4n) is 2.32. The average molecular weight is 359 g/mol. The molecule has 0 aliphatic carbocycles. The topological polar surface area (TPSA) is 94.1 Å². The van der Waals surface area contributed by atoms with Gasteiger partial charge in [0, 0.05) is 12.8 Å². The van der Waals surface area contributed by atoms with Gasteiger partial charge in [0.15, 0.2) is 18.1 Å². The highest BCUT2D eigenvalue weighted by Crippen LogP contribution is 2.26. The number of carbonyl (C=O) groups is 2. The van der Waals surface area contributed by atoms with Crippen LogP contribution in [0.5, 0.6) is 11.5 Å². The van der Waals surface area contributed by atoms with Crippen molar-refractivity contribution in [3.05, 3.63) is 53.6 Å². The van der Waals surface area contributed by atoms with Gasteiger partial charge in [0.2, 0.25) is 0 Å². The minimum absolute atomic E-state index is 0.0671. The number of rotatable bonds is 9. The van der Waals surface area contributed by atoms with Crippen molar-refractivity contribution >= 4 is 17.6 Å². The van der Waals surface area contributed by atoms with E-state index in [0.29, 0.717) is 29.4 Å². The Kier molecular flexibility index (Phi) is 6.99. The van der Waals surface area contributed by atoms with E-state index in [1.165, 1.54) is 19.2 Å². The molecule has 0 saturated carbocycles. The molecule has 0 aliphatic heterocycles. The number of nitrogens with one attached hydrogen (secondary N) is 1. The van der Waals surface area contributed by atoms with Crippen LogP contribution in [0.15, 0.2) is 42.5 Å². The Hall–Kier alpha value is -3.06. The van der Waals surface area contributed by atoms with E-state index >= 15 is 0 Å². The number of hydrogen-bond donors (Lipinski definition) is 2. The van der Waals surface area contributed by atoms with Crippen molar-refractivity contribution in [1.82, 2.24) is 0 Å². The second-order valence-electron chi connectivity index (χ2n) is 5.37. The molecular formula is C19H21NO6. The van der Waals surface area contributed by atoms with Gasteiger partial charge in [-0.05, 0) is 42.8 Å². The fourth-order valence-corrected chi connectivity index (χ4v) is 2.32. The van der Waals surface area contributed by atoms with Crippen molar-refractivity contribution in [3.8, 4) is 11.5 Å². The van der Waals surface area contributed by atoms with Crippen molar-refractivity contribution in [2.75, 3.05) is 25.6 Å². The Morgan fingerprint density at radius 2 is 1.77 bits per heavy atom. The van der Waals surface area contributed by atoms with Crippen molar-refractivity contribution in [2.24, 2.45) is 0 Å². The van der Waals surface area contributed by atoms with Crippen LogP contribution in [-0.2, 0) is 16.1 Å². The van der Waals surface area contributed by atoms with E-state index in [-0.39, 0.29) is 18.8 Å². The summed E-state index contributed by atoms with van der Waals surface area (Å²) in [5.41, 5.74) is 1.08. The molecule has 7 heteroatoms. The molecule has 0 unspecified atom stereocenters. The average Bonchev–Trinajstić information content (AvgIpc) is 2.61. The first-order valence-electron chi connectivity index (χ1n) is 8.04. The predicted molar refractivity (Wildman–Crippen MR) is 95.9 cm³/mol. The van der Waals surface area contributed by atoms with Gasteiger partial charge in [-0.1, -0.05) is 12.1 Å². The molecule has 0 radical (unpaired) electrons. The summed E-state index contributed by atoms with van der Waals surface area (Å²) in [6.07, 6.45) is 0. The Labute approximate surface area is 151 Å². The number of carbonyl (C=O) groups excluding carboxylic acids is 1. The number of ether oxygens (including phenoxy) is 3. The second kappa shape index (κ2) is 9.43. The van der Waals surface area contributed by atoms with Gasteiger partial charge >= 0.3 is 5.97 Å². The monoisotopic (exact) mass is 359 g/mol. The van der Waals surface area contributed by atoms with E-state index in [2.05, 4.69) is 5.32 Å². The number of aromatic carboxylic acids is 1. The van der Waals surface area contributed by atoms with Crippen LogP contribution in [0.4, 0.5) is 5.69 Å². The summed E-state index contributed by atoms with van der Waals surface area (Å²) < 4.78 is 16.0. The van der Waals surface area contributed by atoms with Gasteiger partial charge in [-0.2, -0.15) is 0 Å². The van der Waals surface area contributed by atoms with Crippen molar-refractivity contribution in [2.45, 2.75) is 13.5 Å². The van der Waals surface area contributed by atoms with E-state index in [1.807, 2.05) is 13.0 Å². The van der Waals surface area contributed by atoms with Crippen LogP contribution in [0.3, 0.4) is 0 Å². The summed E-state index contributed by atoms with van der Waals surface area (Å²) in [6.45, 7) is 2.34. The quantitative estimate of drug-likeness (QED) is 0.715. The Morgan fingerprint density at radius 1 is 1.08 bits per heavy atom. The van der Waals surface area contributed by atoms with Crippen LogP contribution in [0.2, 0.25) is 0 Å². The highest BCUT2D eigenvalue weighted by molar-refractivity contribution is 5.94. The summed E-state index contributed by atoms with van der Waals surface area (Å²) in [5.74, 6) is -0.482. The van der Waals surface area contributed by atoms with Crippen LogP contribution in [-0.4, -0.2) is 37.3 Å². The maximum Gasteiger partial charge on any atom is 0.335 e. The molecule has 0 bridgehead atoms. The molecular weight excluding hydrogens is 338 g/mol. The van der Waals surface area contributed by atoms with Gasteiger partial charge < -0.3 is 24.6 Å². The number of carboxylic acids is 1. The molecule has 0 aromatic heterocycles.